The van der Waals surface area contributed by atoms with Gasteiger partial charge in [0.2, 0.25) is 0 Å². The highest BCUT2D eigenvalue weighted by molar-refractivity contribution is 5.92. The highest BCUT2D eigenvalue weighted by Gasteiger charge is 2.12. The Labute approximate surface area is 136 Å². The second kappa shape index (κ2) is 8.33. The summed E-state index contributed by atoms with van der Waals surface area (Å²) in [6.45, 7) is 5.19. The summed E-state index contributed by atoms with van der Waals surface area (Å²) < 4.78 is 12.2. The lowest BCUT2D eigenvalue weighted by atomic mass is 10.2. The molecule has 1 aromatic carbocycles. The van der Waals surface area contributed by atoms with E-state index in [1.807, 2.05) is 44.2 Å². The van der Waals surface area contributed by atoms with Crippen molar-refractivity contribution in [2.45, 2.75) is 26.8 Å². The third kappa shape index (κ3) is 4.82. The average Bonchev–Trinajstić information content (AvgIpc) is 2.94. The van der Waals surface area contributed by atoms with Gasteiger partial charge in [0, 0.05) is 20.2 Å². The monoisotopic (exact) mass is 317 g/mol. The molecule has 1 aromatic heterocycles. The fraction of sp³-hybridized carbons (Fsp3) is 0.412. The zero-order valence-corrected chi connectivity index (χ0v) is 13.8. The number of carbonyl (C=O) groups excluding carboxylic acids is 1. The minimum absolute atomic E-state index is 0.139. The first-order valence-corrected chi connectivity index (χ1v) is 7.74. The van der Waals surface area contributed by atoms with E-state index in [2.05, 4.69) is 10.4 Å². The van der Waals surface area contributed by atoms with Crippen molar-refractivity contribution >= 4 is 5.91 Å². The number of amides is 1. The molecule has 0 radical (unpaired) electrons. The van der Waals surface area contributed by atoms with Crippen LogP contribution in [0, 0.1) is 0 Å². The Morgan fingerprint density at radius 3 is 2.83 bits per heavy atom. The molecular formula is C17H23N3O3. The lowest BCUT2D eigenvalue weighted by Gasteiger charge is -2.09. The number of ether oxygens (including phenoxy) is 2. The Morgan fingerprint density at radius 2 is 2.13 bits per heavy atom. The van der Waals surface area contributed by atoms with Crippen molar-refractivity contribution in [3.05, 3.63) is 47.3 Å². The minimum Gasteiger partial charge on any atom is -0.468 e. The van der Waals surface area contributed by atoms with Gasteiger partial charge in [-0.25, -0.2) is 0 Å². The van der Waals surface area contributed by atoms with Crippen molar-refractivity contribution in [2.75, 3.05) is 13.4 Å². The SMILES string of the molecule is CCOCOc1cccc(CNC(=O)c2cc(CC)nn2C)c1. The lowest BCUT2D eigenvalue weighted by Crippen LogP contribution is -2.25. The highest BCUT2D eigenvalue weighted by Crippen LogP contribution is 2.13. The van der Waals surface area contributed by atoms with Gasteiger partial charge in [-0.05, 0) is 37.1 Å². The maximum Gasteiger partial charge on any atom is 0.269 e. The van der Waals surface area contributed by atoms with Crippen molar-refractivity contribution in [3.63, 3.8) is 0 Å². The Bertz CT molecular complexity index is 652. The van der Waals surface area contributed by atoms with Crippen LogP contribution in [0.15, 0.2) is 30.3 Å². The van der Waals surface area contributed by atoms with Gasteiger partial charge in [-0.3, -0.25) is 9.48 Å². The summed E-state index contributed by atoms with van der Waals surface area (Å²) in [5.74, 6) is 0.583. The number of rotatable bonds is 8. The Balaban J connectivity index is 1.93. The largest absolute Gasteiger partial charge is 0.468 e. The van der Waals surface area contributed by atoms with Crippen molar-refractivity contribution < 1.29 is 14.3 Å². The zero-order chi connectivity index (χ0) is 16.7. The molecule has 2 rings (SSSR count). The van der Waals surface area contributed by atoms with Crippen LogP contribution in [0.2, 0.25) is 0 Å². The molecule has 23 heavy (non-hydrogen) atoms. The molecule has 0 bridgehead atoms. The fourth-order valence-corrected chi connectivity index (χ4v) is 2.12. The third-order valence-electron chi connectivity index (χ3n) is 3.39. The van der Waals surface area contributed by atoms with E-state index < -0.39 is 0 Å². The summed E-state index contributed by atoms with van der Waals surface area (Å²) in [5.41, 5.74) is 2.43. The van der Waals surface area contributed by atoms with Crippen LogP contribution in [0.25, 0.3) is 0 Å². The first kappa shape index (κ1) is 17.0. The van der Waals surface area contributed by atoms with Crippen LogP contribution in [0.1, 0.15) is 35.6 Å². The van der Waals surface area contributed by atoms with Gasteiger partial charge in [0.25, 0.3) is 5.91 Å². The van der Waals surface area contributed by atoms with Gasteiger partial charge in [0.05, 0.1) is 5.69 Å². The number of aromatic nitrogens is 2. The van der Waals surface area contributed by atoms with Gasteiger partial charge in [-0.15, -0.1) is 0 Å². The Morgan fingerprint density at radius 1 is 1.30 bits per heavy atom. The molecule has 1 N–H and O–H groups in total. The van der Waals surface area contributed by atoms with Crippen LogP contribution in [0.5, 0.6) is 5.75 Å². The average molecular weight is 317 g/mol. The molecule has 0 aliphatic heterocycles. The van der Waals surface area contributed by atoms with Gasteiger partial charge in [-0.1, -0.05) is 19.1 Å². The van der Waals surface area contributed by atoms with E-state index in [-0.39, 0.29) is 12.7 Å². The molecule has 0 saturated carbocycles. The van der Waals surface area contributed by atoms with E-state index in [1.165, 1.54) is 0 Å². The molecule has 1 amide bonds. The summed E-state index contributed by atoms with van der Waals surface area (Å²) in [7, 11) is 1.77. The van der Waals surface area contributed by atoms with Gasteiger partial charge >= 0.3 is 0 Å². The molecule has 0 aliphatic carbocycles. The Kier molecular flexibility index (Phi) is 6.17. The van der Waals surface area contributed by atoms with E-state index in [0.717, 1.165) is 23.4 Å². The quantitative estimate of drug-likeness (QED) is 0.599. The second-order valence-corrected chi connectivity index (χ2v) is 5.08. The summed E-state index contributed by atoms with van der Waals surface area (Å²) in [5, 5.41) is 7.18. The summed E-state index contributed by atoms with van der Waals surface area (Å²) in [4.78, 5) is 12.2. The van der Waals surface area contributed by atoms with E-state index in [9.17, 15) is 4.79 Å². The van der Waals surface area contributed by atoms with Crippen molar-refractivity contribution in [1.29, 1.82) is 0 Å². The molecule has 2 aromatic rings. The number of aryl methyl sites for hydroxylation is 2. The van der Waals surface area contributed by atoms with Crippen LogP contribution in [-0.4, -0.2) is 29.1 Å². The number of hydrogen-bond donors (Lipinski definition) is 1. The van der Waals surface area contributed by atoms with Crippen LogP contribution < -0.4 is 10.1 Å². The molecule has 1 heterocycles. The molecule has 0 fully saturated rings. The molecule has 124 valence electrons. The van der Waals surface area contributed by atoms with E-state index in [4.69, 9.17) is 9.47 Å². The summed E-state index contributed by atoms with van der Waals surface area (Å²) in [6.07, 6.45) is 0.806. The van der Waals surface area contributed by atoms with Crippen LogP contribution >= 0.6 is 0 Å². The summed E-state index contributed by atoms with van der Waals surface area (Å²) >= 11 is 0. The first-order chi connectivity index (χ1) is 11.1. The molecule has 6 heteroatoms. The fourth-order valence-electron chi connectivity index (χ4n) is 2.12. The van der Waals surface area contributed by atoms with Crippen molar-refractivity contribution in [2.24, 2.45) is 7.05 Å². The van der Waals surface area contributed by atoms with Gasteiger partial charge in [0.1, 0.15) is 11.4 Å². The molecular weight excluding hydrogens is 294 g/mol. The number of benzene rings is 1. The molecule has 0 saturated heterocycles. The molecule has 0 atom stereocenters. The number of nitrogens with zero attached hydrogens (tertiary/aromatic N) is 2. The van der Waals surface area contributed by atoms with Crippen molar-refractivity contribution in [1.82, 2.24) is 15.1 Å². The first-order valence-electron chi connectivity index (χ1n) is 7.74. The third-order valence-corrected chi connectivity index (χ3v) is 3.39. The standard InChI is InChI=1S/C17H23N3O3/c1-4-14-10-16(20(3)19-14)17(21)18-11-13-7-6-8-15(9-13)23-12-22-5-2/h6-10H,4-5,11-12H2,1-3H3,(H,18,21). The maximum absolute atomic E-state index is 12.2. The lowest BCUT2D eigenvalue weighted by molar-refractivity contribution is 0.0223. The molecule has 0 spiro atoms. The molecule has 6 nitrogen and oxygen atoms in total. The second-order valence-electron chi connectivity index (χ2n) is 5.08. The van der Waals surface area contributed by atoms with Crippen LogP contribution in [0.3, 0.4) is 0 Å². The normalized spacial score (nSPS) is 10.6. The van der Waals surface area contributed by atoms with E-state index in [1.54, 1.807) is 11.7 Å². The number of nitrogens with one attached hydrogen (secondary N) is 1. The predicted molar refractivity (Wildman–Crippen MR) is 87.3 cm³/mol. The predicted octanol–water partition coefficient (Wildman–Crippen LogP) is 2.29. The topological polar surface area (TPSA) is 65.4 Å². The number of carbonyl (C=O) groups is 1. The van der Waals surface area contributed by atoms with Gasteiger partial charge in [-0.2, -0.15) is 5.10 Å². The smallest absolute Gasteiger partial charge is 0.269 e. The van der Waals surface area contributed by atoms with Crippen LogP contribution in [-0.2, 0) is 24.8 Å². The van der Waals surface area contributed by atoms with Crippen LogP contribution in [0.4, 0.5) is 0 Å². The van der Waals surface area contributed by atoms with Gasteiger partial charge < -0.3 is 14.8 Å². The number of hydrogen-bond acceptors (Lipinski definition) is 4. The molecule has 0 unspecified atom stereocenters. The van der Waals surface area contributed by atoms with E-state index >= 15 is 0 Å². The van der Waals surface area contributed by atoms with Gasteiger partial charge in [0.15, 0.2) is 6.79 Å². The zero-order valence-electron chi connectivity index (χ0n) is 13.8. The maximum atomic E-state index is 12.2. The molecule has 0 aliphatic rings. The minimum atomic E-state index is -0.139. The summed E-state index contributed by atoms with van der Waals surface area (Å²) in [6, 6.07) is 9.40. The Hall–Kier alpha value is -2.34. The highest BCUT2D eigenvalue weighted by atomic mass is 16.7. The van der Waals surface area contributed by atoms with Crippen molar-refractivity contribution in [3.8, 4) is 5.75 Å². The van der Waals surface area contributed by atoms with E-state index in [0.29, 0.717) is 18.8 Å².